The lowest BCUT2D eigenvalue weighted by Crippen LogP contribution is -2.16. The Morgan fingerprint density at radius 3 is 1.81 bits per heavy atom. The number of benzene rings is 3. The van der Waals surface area contributed by atoms with Gasteiger partial charge in [-0.25, -0.2) is 4.31 Å². The molecule has 0 fully saturated rings. The van der Waals surface area contributed by atoms with Crippen molar-refractivity contribution in [2.45, 2.75) is 19.5 Å². The Hall–Kier alpha value is -3.45. The van der Waals surface area contributed by atoms with Gasteiger partial charge in [0.25, 0.3) is 0 Å². The van der Waals surface area contributed by atoms with Crippen molar-refractivity contribution in [1.29, 1.82) is 10.5 Å². The molecule has 32 heavy (non-hydrogen) atoms. The van der Waals surface area contributed by atoms with E-state index in [4.69, 9.17) is 14.7 Å². The Balaban J connectivity index is 1.69. The van der Waals surface area contributed by atoms with Gasteiger partial charge in [0.2, 0.25) is 0 Å². The van der Waals surface area contributed by atoms with Crippen LogP contribution in [-0.2, 0) is 19.5 Å². The summed E-state index contributed by atoms with van der Waals surface area (Å²) >= 11 is 1.75. The van der Waals surface area contributed by atoms with Crippen molar-refractivity contribution in [1.82, 2.24) is 4.31 Å². The predicted molar refractivity (Wildman–Crippen MR) is 127 cm³/mol. The molecular formula is C26H25N3O2S. The Morgan fingerprint density at radius 2 is 1.34 bits per heavy atom. The highest BCUT2D eigenvalue weighted by molar-refractivity contribution is 7.96. The van der Waals surface area contributed by atoms with Crippen molar-refractivity contribution in [3.63, 3.8) is 0 Å². The Kier molecular flexibility index (Phi) is 8.57. The first-order valence-electron chi connectivity index (χ1n) is 10.2. The summed E-state index contributed by atoms with van der Waals surface area (Å²) < 4.78 is 12.9. The van der Waals surface area contributed by atoms with Crippen molar-refractivity contribution >= 4 is 11.9 Å². The maximum atomic E-state index is 9.42. The van der Waals surface area contributed by atoms with Gasteiger partial charge in [-0.1, -0.05) is 42.3 Å². The highest BCUT2D eigenvalue weighted by atomic mass is 32.2. The Morgan fingerprint density at radius 1 is 0.781 bits per heavy atom. The minimum absolute atomic E-state index is 0.513. The van der Waals surface area contributed by atoms with Crippen molar-refractivity contribution < 1.29 is 9.47 Å². The summed E-state index contributed by atoms with van der Waals surface area (Å²) in [6, 6.07) is 25.8. The molecule has 0 aliphatic rings. The summed E-state index contributed by atoms with van der Waals surface area (Å²) in [6.45, 7) is 1.55. The third kappa shape index (κ3) is 6.52. The van der Waals surface area contributed by atoms with Gasteiger partial charge in [0.05, 0.1) is 37.5 Å². The van der Waals surface area contributed by atoms with Gasteiger partial charge in [-0.05, 0) is 59.5 Å². The van der Waals surface area contributed by atoms with Gasteiger partial charge in [0.1, 0.15) is 11.5 Å². The molecule has 162 valence electrons. The molecule has 0 aromatic heterocycles. The van der Waals surface area contributed by atoms with Gasteiger partial charge in [-0.15, -0.1) is 0 Å². The van der Waals surface area contributed by atoms with E-state index in [-0.39, 0.29) is 0 Å². The van der Waals surface area contributed by atoms with E-state index in [1.165, 1.54) is 11.1 Å². The maximum absolute atomic E-state index is 9.42. The molecule has 0 radical (unpaired) electrons. The molecule has 6 heteroatoms. The van der Waals surface area contributed by atoms with E-state index in [1.807, 2.05) is 30.3 Å². The Labute approximate surface area is 193 Å². The molecule has 0 bridgehead atoms. The fourth-order valence-corrected chi connectivity index (χ4v) is 4.32. The maximum Gasteiger partial charge on any atom is 0.118 e. The van der Waals surface area contributed by atoms with Crippen LogP contribution in [0.4, 0.5) is 0 Å². The standard InChI is InChI=1S/C26H25N3O2S/c1-30-25-9-4-20(5-10-25)18-29(19-21-6-11-26(31-2)12-7-21)32-14-13-23-8-3-22(16-27)15-24(23)17-28/h3-12,15H,13-14,18-19H2,1-2H3. The molecular weight excluding hydrogens is 418 g/mol. The zero-order valence-electron chi connectivity index (χ0n) is 18.2. The third-order valence-electron chi connectivity index (χ3n) is 5.04. The van der Waals surface area contributed by atoms with Crippen molar-refractivity contribution in [3.05, 3.63) is 94.5 Å². The summed E-state index contributed by atoms with van der Waals surface area (Å²) in [5.41, 5.74) is 4.44. The second kappa shape index (κ2) is 11.8. The van der Waals surface area contributed by atoms with Crippen LogP contribution in [-0.4, -0.2) is 24.3 Å². The van der Waals surface area contributed by atoms with Crippen molar-refractivity contribution in [2.24, 2.45) is 0 Å². The number of rotatable bonds is 10. The summed E-state index contributed by atoms with van der Waals surface area (Å²) in [5.74, 6) is 2.51. The number of hydrogen-bond donors (Lipinski definition) is 0. The molecule has 0 unspecified atom stereocenters. The second-order valence-electron chi connectivity index (χ2n) is 7.17. The SMILES string of the molecule is COc1ccc(CN(Cc2ccc(OC)cc2)SCCc2ccc(C#N)cc2C#N)cc1. The molecule has 3 aromatic carbocycles. The lowest BCUT2D eigenvalue weighted by molar-refractivity contribution is 0.413. The van der Waals surface area contributed by atoms with Crippen LogP contribution in [0.25, 0.3) is 0 Å². The van der Waals surface area contributed by atoms with E-state index in [1.54, 1.807) is 38.3 Å². The highest BCUT2D eigenvalue weighted by Crippen LogP contribution is 2.23. The van der Waals surface area contributed by atoms with Gasteiger partial charge < -0.3 is 9.47 Å². The van der Waals surface area contributed by atoms with Crippen LogP contribution >= 0.6 is 11.9 Å². The van der Waals surface area contributed by atoms with E-state index in [9.17, 15) is 5.26 Å². The molecule has 3 aromatic rings. The van der Waals surface area contributed by atoms with E-state index < -0.39 is 0 Å². The van der Waals surface area contributed by atoms with Gasteiger partial charge in [0, 0.05) is 18.8 Å². The number of ether oxygens (including phenoxy) is 2. The fraction of sp³-hybridized carbons (Fsp3) is 0.231. The second-order valence-corrected chi connectivity index (χ2v) is 8.36. The van der Waals surface area contributed by atoms with Crippen LogP contribution in [0.3, 0.4) is 0 Å². The van der Waals surface area contributed by atoms with Crippen molar-refractivity contribution in [2.75, 3.05) is 20.0 Å². The van der Waals surface area contributed by atoms with E-state index in [2.05, 4.69) is 40.7 Å². The number of nitrogens with zero attached hydrogens (tertiary/aromatic N) is 3. The predicted octanol–water partition coefficient (Wildman–Crippen LogP) is 5.34. The zero-order chi connectivity index (χ0) is 22.8. The van der Waals surface area contributed by atoms with E-state index in [0.717, 1.165) is 42.3 Å². The van der Waals surface area contributed by atoms with Crippen LogP contribution in [0.1, 0.15) is 27.8 Å². The molecule has 0 atom stereocenters. The molecule has 0 aliphatic heterocycles. The molecule has 0 saturated heterocycles. The number of hydrogen-bond acceptors (Lipinski definition) is 6. The first-order chi connectivity index (χ1) is 15.6. The van der Waals surface area contributed by atoms with Crippen LogP contribution in [0.2, 0.25) is 0 Å². The molecule has 0 heterocycles. The van der Waals surface area contributed by atoms with Gasteiger partial charge in [-0.3, -0.25) is 0 Å². The monoisotopic (exact) mass is 443 g/mol. The minimum Gasteiger partial charge on any atom is -0.497 e. The van der Waals surface area contributed by atoms with Crippen LogP contribution in [0.5, 0.6) is 11.5 Å². The number of nitriles is 2. The van der Waals surface area contributed by atoms with Crippen molar-refractivity contribution in [3.8, 4) is 23.6 Å². The third-order valence-corrected chi connectivity index (χ3v) is 6.05. The van der Waals surface area contributed by atoms with E-state index >= 15 is 0 Å². The number of aryl methyl sites for hydroxylation is 1. The largest absolute Gasteiger partial charge is 0.497 e. The average Bonchev–Trinajstić information content (AvgIpc) is 2.85. The van der Waals surface area contributed by atoms with Crippen LogP contribution < -0.4 is 9.47 Å². The molecule has 3 rings (SSSR count). The zero-order valence-corrected chi connectivity index (χ0v) is 19.1. The first kappa shape index (κ1) is 23.2. The number of methoxy groups -OCH3 is 2. The van der Waals surface area contributed by atoms with Gasteiger partial charge in [0.15, 0.2) is 0 Å². The Bertz CT molecular complexity index is 1050. The minimum atomic E-state index is 0.513. The molecule has 5 nitrogen and oxygen atoms in total. The summed E-state index contributed by atoms with van der Waals surface area (Å²) in [4.78, 5) is 0. The molecule has 0 aliphatic carbocycles. The lowest BCUT2D eigenvalue weighted by Gasteiger charge is -2.22. The average molecular weight is 444 g/mol. The molecule has 0 amide bonds. The first-order valence-corrected chi connectivity index (χ1v) is 11.2. The van der Waals surface area contributed by atoms with Gasteiger partial charge in [-0.2, -0.15) is 10.5 Å². The molecule has 0 spiro atoms. The normalized spacial score (nSPS) is 10.4. The van der Waals surface area contributed by atoms with E-state index in [0.29, 0.717) is 11.1 Å². The lowest BCUT2D eigenvalue weighted by atomic mass is 10.0. The molecule has 0 N–H and O–H groups in total. The quantitative estimate of drug-likeness (QED) is 0.394. The molecule has 0 saturated carbocycles. The van der Waals surface area contributed by atoms with Gasteiger partial charge >= 0.3 is 0 Å². The summed E-state index contributed by atoms with van der Waals surface area (Å²) in [5, 5.41) is 18.5. The highest BCUT2D eigenvalue weighted by Gasteiger charge is 2.11. The summed E-state index contributed by atoms with van der Waals surface area (Å²) in [6.07, 6.45) is 0.751. The smallest absolute Gasteiger partial charge is 0.118 e. The fourth-order valence-electron chi connectivity index (χ4n) is 3.27. The topological polar surface area (TPSA) is 69.3 Å². The van der Waals surface area contributed by atoms with Crippen LogP contribution in [0, 0.1) is 22.7 Å². The summed E-state index contributed by atoms with van der Waals surface area (Å²) in [7, 11) is 3.33. The van der Waals surface area contributed by atoms with Crippen LogP contribution in [0.15, 0.2) is 66.7 Å².